The predicted octanol–water partition coefficient (Wildman–Crippen LogP) is 0.928. The van der Waals surface area contributed by atoms with Gasteiger partial charge in [-0.15, -0.1) is 4.91 Å². The van der Waals surface area contributed by atoms with Crippen molar-refractivity contribution in [2.75, 3.05) is 6.54 Å². The fraction of sp³-hybridized carbons (Fsp3) is 0.667. The first-order chi connectivity index (χ1) is 4.40. The minimum atomic E-state index is 0.326. The lowest BCUT2D eigenvalue weighted by molar-refractivity contribution is 0.291. The number of nitroso groups, excluding NO2 is 1. The normalized spacial score (nSPS) is 38.0. The molecule has 1 aliphatic carbocycles. The maximum atomic E-state index is 10.0. The number of rotatable bonds is 1. The fourth-order valence-corrected chi connectivity index (χ4v) is 1.58. The highest BCUT2D eigenvalue weighted by Crippen LogP contribution is 2.30. The summed E-state index contributed by atoms with van der Waals surface area (Å²) in [5, 5.41) is 4.52. The van der Waals surface area contributed by atoms with Crippen molar-refractivity contribution in [2.45, 2.75) is 12.5 Å². The van der Waals surface area contributed by atoms with Crippen LogP contribution in [0.3, 0.4) is 0 Å². The van der Waals surface area contributed by atoms with Crippen LogP contribution in [0.25, 0.3) is 0 Å². The third-order valence-electron chi connectivity index (χ3n) is 2.06. The van der Waals surface area contributed by atoms with Gasteiger partial charge in [-0.25, -0.2) is 0 Å². The molecule has 0 aromatic rings. The summed E-state index contributed by atoms with van der Waals surface area (Å²) in [6, 6.07) is 0.326. The van der Waals surface area contributed by atoms with Crippen LogP contribution in [0, 0.1) is 10.8 Å². The van der Waals surface area contributed by atoms with Gasteiger partial charge in [-0.1, -0.05) is 12.2 Å². The van der Waals surface area contributed by atoms with E-state index in [1.165, 1.54) is 0 Å². The minimum Gasteiger partial charge on any atom is -0.253 e. The van der Waals surface area contributed by atoms with Gasteiger partial charge in [0.25, 0.3) is 0 Å². The van der Waals surface area contributed by atoms with Crippen LogP contribution in [0.5, 0.6) is 0 Å². The van der Waals surface area contributed by atoms with Crippen LogP contribution in [0.15, 0.2) is 17.4 Å². The second kappa shape index (κ2) is 1.56. The maximum Gasteiger partial charge on any atom is 0.0689 e. The summed E-state index contributed by atoms with van der Waals surface area (Å²) in [5.41, 5.74) is 0. The molecular formula is C6H8N2O. The van der Waals surface area contributed by atoms with Gasteiger partial charge in [0.1, 0.15) is 0 Å². The summed E-state index contributed by atoms with van der Waals surface area (Å²) in [4.78, 5) is 10.0. The summed E-state index contributed by atoms with van der Waals surface area (Å²) in [7, 11) is 0. The third kappa shape index (κ3) is 0.573. The van der Waals surface area contributed by atoms with Crippen molar-refractivity contribution in [1.82, 2.24) is 5.01 Å². The van der Waals surface area contributed by atoms with Crippen molar-refractivity contribution in [3.05, 3.63) is 17.1 Å². The highest BCUT2D eigenvalue weighted by atomic mass is 16.3. The van der Waals surface area contributed by atoms with Crippen LogP contribution in [-0.2, 0) is 0 Å². The molecule has 1 heterocycles. The van der Waals surface area contributed by atoms with E-state index < -0.39 is 0 Å². The molecule has 0 amide bonds. The first kappa shape index (κ1) is 4.97. The number of hydrogen-bond donors (Lipinski definition) is 0. The maximum absolute atomic E-state index is 10.0. The molecule has 48 valence electrons. The molecular weight excluding hydrogens is 116 g/mol. The van der Waals surface area contributed by atoms with E-state index in [-0.39, 0.29) is 0 Å². The molecule has 2 aliphatic rings. The molecule has 0 saturated carbocycles. The van der Waals surface area contributed by atoms with Crippen molar-refractivity contribution >= 4 is 0 Å². The van der Waals surface area contributed by atoms with E-state index in [1.807, 2.05) is 0 Å². The number of nitrogens with zero attached hydrogens (tertiary/aromatic N) is 2. The highest BCUT2D eigenvalue weighted by Gasteiger charge is 2.33. The van der Waals surface area contributed by atoms with Crippen molar-refractivity contribution < 1.29 is 0 Å². The van der Waals surface area contributed by atoms with Crippen LogP contribution >= 0.6 is 0 Å². The molecule has 0 N–H and O–H groups in total. The van der Waals surface area contributed by atoms with Crippen LogP contribution in [0.2, 0.25) is 0 Å². The Morgan fingerprint density at radius 3 is 2.78 bits per heavy atom. The Balaban J connectivity index is 2.19. The molecule has 2 bridgehead atoms. The van der Waals surface area contributed by atoms with Gasteiger partial charge >= 0.3 is 0 Å². The standard InChI is InChI=1S/C6H8N2O/c9-7-8-4-5-1-2-6(8)3-5/h1-2,5-6H,3-4H2. The molecule has 9 heavy (non-hydrogen) atoms. The topological polar surface area (TPSA) is 32.7 Å². The minimum absolute atomic E-state index is 0.326. The van der Waals surface area contributed by atoms with E-state index in [9.17, 15) is 4.91 Å². The Hall–Kier alpha value is -0.860. The van der Waals surface area contributed by atoms with Gasteiger partial charge in [0.2, 0.25) is 0 Å². The highest BCUT2D eigenvalue weighted by molar-refractivity contribution is 5.11. The Morgan fingerprint density at radius 2 is 2.44 bits per heavy atom. The van der Waals surface area contributed by atoms with Crippen LogP contribution in [-0.4, -0.2) is 17.6 Å². The molecule has 0 aromatic heterocycles. The van der Waals surface area contributed by atoms with E-state index in [2.05, 4.69) is 17.4 Å². The summed E-state index contributed by atoms with van der Waals surface area (Å²) in [6.07, 6.45) is 5.34. The molecule has 0 spiro atoms. The fourth-order valence-electron chi connectivity index (χ4n) is 1.58. The van der Waals surface area contributed by atoms with Crippen molar-refractivity contribution in [3.63, 3.8) is 0 Å². The van der Waals surface area contributed by atoms with E-state index in [4.69, 9.17) is 0 Å². The molecule has 3 heteroatoms. The monoisotopic (exact) mass is 124 g/mol. The van der Waals surface area contributed by atoms with E-state index in [1.54, 1.807) is 5.01 Å². The van der Waals surface area contributed by atoms with Gasteiger partial charge < -0.3 is 0 Å². The zero-order valence-corrected chi connectivity index (χ0v) is 5.03. The average Bonchev–Trinajstić information content (AvgIpc) is 2.45. The van der Waals surface area contributed by atoms with Crippen molar-refractivity contribution in [3.8, 4) is 0 Å². The van der Waals surface area contributed by atoms with Crippen LogP contribution in [0.1, 0.15) is 6.42 Å². The number of hydrogen-bond acceptors (Lipinski definition) is 2. The average molecular weight is 124 g/mol. The Labute approximate surface area is 53.3 Å². The lowest BCUT2D eigenvalue weighted by Crippen LogP contribution is -2.22. The van der Waals surface area contributed by atoms with Gasteiger partial charge in [-0.2, -0.15) is 0 Å². The summed E-state index contributed by atoms with van der Waals surface area (Å²) in [6.45, 7) is 0.838. The summed E-state index contributed by atoms with van der Waals surface area (Å²) >= 11 is 0. The lowest BCUT2D eigenvalue weighted by atomic mass is 10.2. The van der Waals surface area contributed by atoms with Gasteiger partial charge in [0, 0.05) is 6.54 Å². The molecule has 1 aliphatic heterocycles. The van der Waals surface area contributed by atoms with Crippen molar-refractivity contribution in [2.24, 2.45) is 11.2 Å². The molecule has 1 fully saturated rings. The molecule has 2 rings (SSSR count). The van der Waals surface area contributed by atoms with E-state index >= 15 is 0 Å². The molecule has 0 aromatic carbocycles. The first-order valence-corrected chi connectivity index (χ1v) is 3.18. The van der Waals surface area contributed by atoms with E-state index in [0.29, 0.717) is 12.0 Å². The predicted molar refractivity (Wildman–Crippen MR) is 33.5 cm³/mol. The lowest BCUT2D eigenvalue weighted by Gasteiger charge is -2.14. The van der Waals surface area contributed by atoms with Crippen molar-refractivity contribution in [1.29, 1.82) is 0 Å². The molecule has 0 radical (unpaired) electrons. The largest absolute Gasteiger partial charge is 0.253 e. The second-order valence-electron chi connectivity index (χ2n) is 2.65. The van der Waals surface area contributed by atoms with Crippen LogP contribution in [0.4, 0.5) is 0 Å². The van der Waals surface area contributed by atoms with Gasteiger partial charge in [-0.3, -0.25) is 5.01 Å². The summed E-state index contributed by atoms with van der Waals surface area (Å²) < 4.78 is 0. The zero-order valence-electron chi connectivity index (χ0n) is 5.03. The quantitative estimate of drug-likeness (QED) is 0.384. The molecule has 3 nitrogen and oxygen atoms in total. The smallest absolute Gasteiger partial charge is 0.0689 e. The molecule has 2 unspecified atom stereocenters. The van der Waals surface area contributed by atoms with E-state index in [0.717, 1.165) is 13.0 Å². The van der Waals surface area contributed by atoms with Gasteiger partial charge in [0.15, 0.2) is 0 Å². The Kier molecular flexibility index (Phi) is 0.860. The molecule has 2 atom stereocenters. The second-order valence-corrected chi connectivity index (χ2v) is 2.65. The first-order valence-electron chi connectivity index (χ1n) is 3.18. The Bertz CT molecular complexity index is 166. The number of fused-ring (bicyclic) bond motifs is 2. The van der Waals surface area contributed by atoms with Gasteiger partial charge in [0.05, 0.1) is 11.3 Å². The zero-order chi connectivity index (χ0) is 6.27. The Morgan fingerprint density at radius 1 is 1.56 bits per heavy atom. The van der Waals surface area contributed by atoms with Gasteiger partial charge in [-0.05, 0) is 12.3 Å². The molecule has 1 saturated heterocycles. The summed E-state index contributed by atoms with van der Waals surface area (Å²) in [5.74, 6) is 0.604. The SMILES string of the molecule is O=NN1CC2C=CC1C2. The third-order valence-corrected chi connectivity index (χ3v) is 2.06. The van der Waals surface area contributed by atoms with Crippen LogP contribution < -0.4 is 0 Å².